The largest absolute Gasteiger partial charge is 0.481 e. The summed E-state index contributed by atoms with van der Waals surface area (Å²) < 4.78 is 0. The normalized spacial score (nSPS) is 38.9. The minimum atomic E-state index is -1.25. The van der Waals surface area contributed by atoms with Gasteiger partial charge in [0.15, 0.2) is 11.6 Å². The third-order valence-electron chi connectivity index (χ3n) is 9.49. The van der Waals surface area contributed by atoms with E-state index in [1.807, 2.05) is 6.92 Å². The van der Waals surface area contributed by atoms with E-state index in [0.29, 0.717) is 43.3 Å². The van der Waals surface area contributed by atoms with Crippen LogP contribution < -0.4 is 0 Å². The van der Waals surface area contributed by atoms with Crippen molar-refractivity contribution in [2.45, 2.75) is 92.3 Å². The molecule has 3 saturated carbocycles. The van der Waals surface area contributed by atoms with Crippen molar-refractivity contribution in [1.82, 2.24) is 0 Å². The van der Waals surface area contributed by atoms with E-state index < -0.39 is 33.9 Å². The van der Waals surface area contributed by atoms with Crippen molar-refractivity contribution in [2.24, 2.45) is 28.1 Å². The van der Waals surface area contributed by atoms with E-state index in [-0.39, 0.29) is 23.4 Å². The summed E-state index contributed by atoms with van der Waals surface area (Å²) in [5, 5.41) is 30.5. The van der Waals surface area contributed by atoms with E-state index in [4.69, 9.17) is 0 Å². The molecule has 0 unspecified atom stereocenters. The molecule has 36 heavy (non-hydrogen) atoms. The lowest BCUT2D eigenvalue weighted by Gasteiger charge is -2.61. The Hall–Kier alpha value is -2.31. The van der Waals surface area contributed by atoms with E-state index in [1.165, 1.54) is 6.08 Å². The summed E-state index contributed by atoms with van der Waals surface area (Å²) in [6.45, 7) is 12.8. The number of fused-ring (bicyclic) bond motifs is 3. The molecule has 198 valence electrons. The summed E-state index contributed by atoms with van der Waals surface area (Å²) in [6, 6.07) is 0. The Morgan fingerprint density at radius 3 is 2.25 bits per heavy atom. The average Bonchev–Trinajstić information content (AvgIpc) is 3.04. The standard InChI is InChI=1S/C30H42O6/c1-18(9-8-14-27(3,4)36)10-11-20(31)19(2)25-21(32)17-23-28(5)16-13-24(33)30(7,26(34)35)22(28)12-15-29(23,25)6/h8-11,14,22-24,33,36H,12-13,15-17H2,1-7H3,(H,34,35)/b11-10+,14-8+,18-9+,25-19+/t22-,23+,24-,28+,29+,30-/m1/s1. The lowest BCUT2D eigenvalue weighted by molar-refractivity contribution is -0.194. The summed E-state index contributed by atoms with van der Waals surface area (Å²) in [7, 11) is 0. The number of hydrogen-bond acceptors (Lipinski definition) is 5. The first-order chi connectivity index (χ1) is 16.5. The van der Waals surface area contributed by atoms with E-state index in [0.717, 1.165) is 5.57 Å². The molecule has 0 radical (unpaired) electrons. The molecule has 3 fully saturated rings. The van der Waals surface area contributed by atoms with Crippen LogP contribution in [0.4, 0.5) is 0 Å². The first-order valence-electron chi connectivity index (χ1n) is 13.0. The molecule has 0 spiro atoms. The summed E-state index contributed by atoms with van der Waals surface area (Å²) in [5.41, 5.74) is -1.19. The van der Waals surface area contributed by atoms with Gasteiger partial charge in [0, 0.05) is 23.0 Å². The van der Waals surface area contributed by atoms with Crippen LogP contribution in [0.3, 0.4) is 0 Å². The van der Waals surface area contributed by atoms with E-state index in [9.17, 15) is 29.7 Å². The van der Waals surface area contributed by atoms with E-state index in [1.54, 1.807) is 52.0 Å². The predicted molar refractivity (Wildman–Crippen MR) is 139 cm³/mol. The molecule has 6 atom stereocenters. The third-order valence-corrected chi connectivity index (χ3v) is 9.49. The van der Waals surface area contributed by atoms with Crippen molar-refractivity contribution in [1.29, 1.82) is 0 Å². The SMILES string of the molecule is C/C(C(=O)/C=C/C(C)=C/C=C/C(C)(C)O)=C1/C(=O)C[C@H]2[C@@]3(C)CC[C@@H](O)[C@](C)(C(=O)O)[C@@H]3CC[C@]12C. The van der Waals surface area contributed by atoms with Crippen molar-refractivity contribution in [2.75, 3.05) is 0 Å². The number of carbonyl (C=O) groups is 3. The van der Waals surface area contributed by atoms with Gasteiger partial charge in [-0.3, -0.25) is 14.4 Å². The van der Waals surface area contributed by atoms with Gasteiger partial charge in [-0.2, -0.15) is 0 Å². The van der Waals surface area contributed by atoms with Crippen LogP contribution in [0.2, 0.25) is 0 Å². The molecule has 6 nitrogen and oxygen atoms in total. The van der Waals surface area contributed by atoms with Gasteiger partial charge in [0.1, 0.15) is 0 Å². The highest BCUT2D eigenvalue weighted by Gasteiger charge is 2.67. The average molecular weight is 499 g/mol. The van der Waals surface area contributed by atoms with Crippen LogP contribution in [0, 0.1) is 28.1 Å². The number of aliphatic hydroxyl groups is 2. The molecule has 3 aliphatic rings. The number of ketones is 2. The van der Waals surface area contributed by atoms with Crippen molar-refractivity contribution in [3.05, 3.63) is 47.1 Å². The fourth-order valence-electron chi connectivity index (χ4n) is 7.47. The Morgan fingerprint density at radius 1 is 1.03 bits per heavy atom. The number of carbonyl (C=O) groups excluding carboxylic acids is 2. The number of carboxylic acid groups (broad SMARTS) is 1. The Labute approximate surface area is 214 Å². The summed E-state index contributed by atoms with van der Waals surface area (Å²) in [5.74, 6) is -1.52. The second-order valence-electron chi connectivity index (χ2n) is 12.5. The smallest absolute Gasteiger partial charge is 0.312 e. The minimum absolute atomic E-state index is 0.0212. The molecule has 3 N–H and O–H groups in total. The van der Waals surface area contributed by atoms with Gasteiger partial charge < -0.3 is 15.3 Å². The highest BCUT2D eigenvalue weighted by Crippen LogP contribution is 2.69. The molecule has 0 aromatic heterocycles. The van der Waals surface area contributed by atoms with Crippen LogP contribution in [0.5, 0.6) is 0 Å². The molecular weight excluding hydrogens is 456 g/mol. The number of aliphatic hydroxyl groups excluding tert-OH is 1. The molecule has 0 bridgehead atoms. The lowest BCUT2D eigenvalue weighted by Crippen LogP contribution is -2.61. The van der Waals surface area contributed by atoms with Gasteiger partial charge in [0.05, 0.1) is 17.1 Å². The number of rotatable bonds is 6. The lowest BCUT2D eigenvalue weighted by atomic mass is 9.42. The number of allylic oxidation sites excluding steroid dienone is 7. The van der Waals surface area contributed by atoms with Crippen LogP contribution in [-0.2, 0) is 14.4 Å². The second-order valence-corrected chi connectivity index (χ2v) is 12.5. The first-order valence-corrected chi connectivity index (χ1v) is 13.0. The van der Waals surface area contributed by atoms with Gasteiger partial charge in [-0.05, 0) is 83.6 Å². The molecule has 0 aromatic rings. The zero-order chi connectivity index (χ0) is 27.3. The van der Waals surface area contributed by atoms with Crippen molar-refractivity contribution in [3.8, 4) is 0 Å². The second kappa shape index (κ2) is 9.53. The molecule has 0 amide bonds. The maximum absolute atomic E-state index is 13.4. The Balaban J connectivity index is 1.93. The summed E-state index contributed by atoms with van der Waals surface area (Å²) >= 11 is 0. The molecule has 0 aliphatic heterocycles. The van der Waals surface area contributed by atoms with Crippen molar-refractivity contribution in [3.63, 3.8) is 0 Å². The molecule has 0 saturated heterocycles. The number of carboxylic acids is 1. The number of hydrogen-bond donors (Lipinski definition) is 3. The molecule has 3 aliphatic carbocycles. The van der Waals surface area contributed by atoms with Gasteiger partial charge in [0.2, 0.25) is 0 Å². The zero-order valence-corrected chi connectivity index (χ0v) is 22.7. The van der Waals surface area contributed by atoms with Gasteiger partial charge in [-0.25, -0.2) is 0 Å². The number of Topliss-reactive ketones (excluding diaryl/α,β-unsaturated/α-hetero) is 1. The molecule has 3 rings (SSSR count). The van der Waals surface area contributed by atoms with Crippen LogP contribution in [0.15, 0.2) is 47.1 Å². The number of aliphatic carboxylic acids is 1. The highest BCUT2D eigenvalue weighted by atomic mass is 16.4. The quantitative estimate of drug-likeness (QED) is 0.353. The fourth-order valence-corrected chi connectivity index (χ4v) is 7.47. The molecule has 0 aromatic carbocycles. The molecule has 6 heteroatoms. The van der Waals surface area contributed by atoms with E-state index in [2.05, 4.69) is 13.8 Å². The van der Waals surface area contributed by atoms with Gasteiger partial charge in [-0.15, -0.1) is 0 Å². The van der Waals surface area contributed by atoms with Gasteiger partial charge in [-0.1, -0.05) is 43.7 Å². The van der Waals surface area contributed by atoms with Crippen molar-refractivity contribution >= 4 is 17.5 Å². The minimum Gasteiger partial charge on any atom is -0.481 e. The molecular formula is C30H42O6. The Kier molecular flexibility index (Phi) is 7.48. The summed E-state index contributed by atoms with van der Waals surface area (Å²) in [4.78, 5) is 38.8. The first kappa shape index (κ1) is 28.3. The van der Waals surface area contributed by atoms with Crippen LogP contribution in [0.25, 0.3) is 0 Å². The maximum Gasteiger partial charge on any atom is 0.312 e. The third kappa shape index (κ3) is 4.70. The van der Waals surface area contributed by atoms with Crippen LogP contribution in [0.1, 0.15) is 80.6 Å². The van der Waals surface area contributed by atoms with E-state index >= 15 is 0 Å². The van der Waals surface area contributed by atoms with Crippen molar-refractivity contribution < 1.29 is 29.7 Å². The topological polar surface area (TPSA) is 112 Å². The van der Waals surface area contributed by atoms with Crippen LogP contribution in [-0.4, -0.2) is 44.6 Å². The monoisotopic (exact) mass is 498 g/mol. The summed E-state index contributed by atoms with van der Waals surface area (Å²) in [6.07, 6.45) is 10.1. The van der Waals surface area contributed by atoms with Gasteiger partial charge in [0.25, 0.3) is 0 Å². The zero-order valence-electron chi connectivity index (χ0n) is 22.7. The van der Waals surface area contributed by atoms with Crippen LogP contribution >= 0.6 is 0 Å². The Bertz CT molecular complexity index is 1070. The Morgan fingerprint density at radius 2 is 1.67 bits per heavy atom. The predicted octanol–water partition coefficient (Wildman–Crippen LogP) is 4.96. The molecule has 0 heterocycles. The maximum atomic E-state index is 13.4. The van der Waals surface area contributed by atoms with Gasteiger partial charge >= 0.3 is 5.97 Å². The highest BCUT2D eigenvalue weighted by molar-refractivity contribution is 6.12. The fraction of sp³-hybridized carbons (Fsp3) is 0.633.